The molecule has 2 aliphatic rings. The van der Waals surface area contributed by atoms with E-state index in [0.717, 1.165) is 35.2 Å². The zero-order chi connectivity index (χ0) is 19.5. The summed E-state index contributed by atoms with van der Waals surface area (Å²) in [6.45, 7) is 3.54. The number of anilines is 1. The summed E-state index contributed by atoms with van der Waals surface area (Å²) in [5, 5.41) is 13.8. The molecule has 2 aromatic rings. The first-order chi connectivity index (χ1) is 13.6. The van der Waals surface area contributed by atoms with E-state index in [1.807, 2.05) is 24.3 Å². The molecule has 8 heteroatoms. The van der Waals surface area contributed by atoms with Gasteiger partial charge in [0.05, 0.1) is 22.5 Å². The predicted octanol–water partition coefficient (Wildman–Crippen LogP) is 2.51. The minimum Gasteiger partial charge on any atom is -0.462 e. The third kappa shape index (κ3) is 3.97. The number of rotatable bonds is 4. The van der Waals surface area contributed by atoms with E-state index in [1.165, 1.54) is 11.8 Å². The zero-order valence-corrected chi connectivity index (χ0v) is 16.7. The Morgan fingerprint density at radius 3 is 3.00 bits per heavy atom. The third-order valence-corrected chi connectivity index (χ3v) is 6.05. The summed E-state index contributed by atoms with van der Waals surface area (Å²) in [4.78, 5) is 14.4. The molecule has 7 nitrogen and oxygen atoms in total. The maximum absolute atomic E-state index is 9.73. The number of ether oxygens (including phenoxy) is 1. The summed E-state index contributed by atoms with van der Waals surface area (Å²) < 4.78 is 5.87. The van der Waals surface area contributed by atoms with Crippen molar-refractivity contribution in [2.24, 2.45) is 0 Å². The van der Waals surface area contributed by atoms with Gasteiger partial charge < -0.3 is 15.0 Å². The fourth-order valence-electron chi connectivity index (χ4n) is 3.26. The van der Waals surface area contributed by atoms with Crippen molar-refractivity contribution in [2.75, 3.05) is 45.7 Å². The fraction of sp³-hybridized carbons (Fsp3) is 0.350. The number of para-hydroxylation sites is 1. The highest BCUT2D eigenvalue weighted by Crippen LogP contribution is 2.43. The summed E-state index contributed by atoms with van der Waals surface area (Å²) >= 11 is 1.54. The molecule has 1 atom stereocenters. The quantitative estimate of drug-likeness (QED) is 0.793. The topological polar surface area (TPSA) is 77.3 Å². The minimum absolute atomic E-state index is 0.293. The number of hydrogen-bond acceptors (Lipinski definition) is 8. The summed E-state index contributed by atoms with van der Waals surface area (Å²) in [6.07, 6.45) is 1.64. The van der Waals surface area contributed by atoms with Gasteiger partial charge in [0.1, 0.15) is 18.2 Å². The van der Waals surface area contributed by atoms with Crippen LogP contribution >= 0.6 is 11.8 Å². The lowest BCUT2D eigenvalue weighted by atomic mass is 10.2. The molecule has 0 bridgehead atoms. The molecule has 3 heterocycles. The lowest BCUT2D eigenvalue weighted by Crippen LogP contribution is -2.52. The normalized spacial score (nSPS) is 21.5. The number of hydrogen-bond donors (Lipinski definition) is 1. The van der Waals surface area contributed by atoms with Gasteiger partial charge in [-0.25, -0.2) is 4.98 Å². The number of benzene rings is 1. The highest BCUT2D eigenvalue weighted by Gasteiger charge is 2.24. The maximum atomic E-state index is 9.73. The van der Waals surface area contributed by atoms with Crippen LogP contribution in [0, 0.1) is 11.3 Å². The van der Waals surface area contributed by atoms with Gasteiger partial charge in [-0.2, -0.15) is 10.2 Å². The average molecular weight is 395 g/mol. The SMILES string of the molecule is CN1CCN(C)C(COc2nccc(/C(C#N)=C3\Nc4ccccc4S3)n2)C1. The van der Waals surface area contributed by atoms with Crippen LogP contribution in [0.25, 0.3) is 5.57 Å². The molecule has 1 N–H and O–H groups in total. The number of fused-ring (bicyclic) bond motifs is 1. The van der Waals surface area contributed by atoms with Crippen molar-refractivity contribution >= 4 is 23.0 Å². The molecule has 1 fully saturated rings. The van der Waals surface area contributed by atoms with Gasteiger partial charge in [-0.3, -0.25) is 4.90 Å². The number of nitrogens with zero attached hydrogens (tertiary/aromatic N) is 5. The molecule has 28 heavy (non-hydrogen) atoms. The number of likely N-dealkylation sites (N-methyl/N-ethyl adjacent to an activating group) is 2. The van der Waals surface area contributed by atoms with E-state index in [9.17, 15) is 5.26 Å². The van der Waals surface area contributed by atoms with Crippen LogP contribution in [0.4, 0.5) is 5.69 Å². The molecule has 0 spiro atoms. The largest absolute Gasteiger partial charge is 0.462 e. The van der Waals surface area contributed by atoms with Crippen LogP contribution in [0.1, 0.15) is 5.69 Å². The van der Waals surface area contributed by atoms with E-state index in [2.05, 4.69) is 45.2 Å². The van der Waals surface area contributed by atoms with Crippen molar-refractivity contribution in [1.29, 1.82) is 5.26 Å². The predicted molar refractivity (Wildman–Crippen MR) is 110 cm³/mol. The minimum atomic E-state index is 0.293. The molecule has 1 aromatic carbocycles. The van der Waals surface area contributed by atoms with E-state index < -0.39 is 0 Å². The Bertz CT molecular complexity index is 913. The van der Waals surface area contributed by atoms with Crippen molar-refractivity contribution in [3.63, 3.8) is 0 Å². The second-order valence-electron chi connectivity index (χ2n) is 6.97. The molecular weight excluding hydrogens is 372 g/mol. The molecule has 0 radical (unpaired) electrons. The Hall–Kier alpha value is -2.60. The van der Waals surface area contributed by atoms with Gasteiger partial charge in [0.25, 0.3) is 0 Å². The Morgan fingerprint density at radius 1 is 1.32 bits per heavy atom. The van der Waals surface area contributed by atoms with E-state index in [0.29, 0.717) is 29.9 Å². The lowest BCUT2D eigenvalue weighted by Gasteiger charge is -2.37. The van der Waals surface area contributed by atoms with Gasteiger partial charge in [0.15, 0.2) is 0 Å². The van der Waals surface area contributed by atoms with E-state index in [4.69, 9.17) is 4.74 Å². The van der Waals surface area contributed by atoms with Crippen molar-refractivity contribution in [3.05, 3.63) is 47.3 Å². The van der Waals surface area contributed by atoms with Gasteiger partial charge in [-0.05, 0) is 32.3 Å². The van der Waals surface area contributed by atoms with Crippen LogP contribution in [-0.2, 0) is 0 Å². The highest BCUT2D eigenvalue weighted by molar-refractivity contribution is 8.04. The molecule has 1 aromatic heterocycles. The molecule has 0 saturated carbocycles. The number of nitriles is 1. The van der Waals surface area contributed by atoms with Crippen LogP contribution < -0.4 is 10.1 Å². The van der Waals surface area contributed by atoms with E-state index >= 15 is 0 Å². The van der Waals surface area contributed by atoms with Gasteiger partial charge in [0, 0.05) is 30.7 Å². The van der Waals surface area contributed by atoms with Crippen molar-refractivity contribution in [3.8, 4) is 12.1 Å². The van der Waals surface area contributed by atoms with Crippen LogP contribution in [0.3, 0.4) is 0 Å². The lowest BCUT2D eigenvalue weighted by molar-refractivity contribution is 0.0750. The second-order valence-corrected chi connectivity index (χ2v) is 8.02. The van der Waals surface area contributed by atoms with E-state index in [-0.39, 0.29) is 0 Å². The second kappa shape index (κ2) is 8.19. The molecular formula is C20H22N6OS. The first-order valence-corrected chi connectivity index (χ1v) is 9.99. The number of thioether (sulfide) groups is 1. The molecule has 4 rings (SSSR count). The Labute approximate surface area is 169 Å². The van der Waals surface area contributed by atoms with Gasteiger partial charge >= 0.3 is 6.01 Å². The first-order valence-electron chi connectivity index (χ1n) is 9.17. The van der Waals surface area contributed by atoms with Crippen LogP contribution in [-0.4, -0.2) is 66.1 Å². The number of allylic oxidation sites excluding steroid dienone is 1. The van der Waals surface area contributed by atoms with Gasteiger partial charge in [0.2, 0.25) is 0 Å². The van der Waals surface area contributed by atoms with Gasteiger partial charge in [-0.1, -0.05) is 23.9 Å². The Balaban J connectivity index is 1.50. The number of nitrogens with one attached hydrogen (secondary N) is 1. The summed E-state index contributed by atoms with van der Waals surface area (Å²) in [5.41, 5.74) is 2.05. The van der Waals surface area contributed by atoms with Crippen molar-refractivity contribution in [1.82, 2.24) is 19.8 Å². The summed E-state index contributed by atoms with van der Waals surface area (Å²) in [7, 11) is 4.23. The molecule has 1 unspecified atom stereocenters. The zero-order valence-electron chi connectivity index (χ0n) is 15.9. The van der Waals surface area contributed by atoms with Crippen molar-refractivity contribution in [2.45, 2.75) is 10.9 Å². The van der Waals surface area contributed by atoms with Crippen LogP contribution in [0.15, 0.2) is 46.5 Å². The van der Waals surface area contributed by atoms with Gasteiger partial charge in [-0.15, -0.1) is 0 Å². The number of aromatic nitrogens is 2. The highest BCUT2D eigenvalue weighted by atomic mass is 32.2. The van der Waals surface area contributed by atoms with E-state index in [1.54, 1.807) is 12.3 Å². The Kier molecular flexibility index (Phi) is 5.48. The average Bonchev–Trinajstić information content (AvgIpc) is 3.13. The Morgan fingerprint density at radius 2 is 2.18 bits per heavy atom. The maximum Gasteiger partial charge on any atom is 0.316 e. The smallest absolute Gasteiger partial charge is 0.316 e. The fourth-order valence-corrected chi connectivity index (χ4v) is 4.27. The molecule has 0 aliphatic carbocycles. The standard InChI is InChI=1S/C20H22N6OS/c1-25-9-10-26(2)14(12-25)13-27-20-22-8-7-16(24-20)15(11-21)19-23-17-5-3-4-6-18(17)28-19/h3-8,14,23H,9-10,12-13H2,1-2H3/b19-15+. The molecule has 144 valence electrons. The summed E-state index contributed by atoms with van der Waals surface area (Å²) in [6, 6.07) is 12.6. The molecule has 0 amide bonds. The molecule has 1 saturated heterocycles. The van der Waals surface area contributed by atoms with Crippen molar-refractivity contribution < 1.29 is 4.74 Å². The third-order valence-electron chi connectivity index (χ3n) is 4.96. The van der Waals surface area contributed by atoms with Crippen LogP contribution in [0.2, 0.25) is 0 Å². The summed E-state index contributed by atoms with van der Waals surface area (Å²) in [5.74, 6) is 0. The number of piperazine rings is 1. The van der Waals surface area contributed by atoms with Crippen LogP contribution in [0.5, 0.6) is 6.01 Å². The monoisotopic (exact) mass is 394 g/mol. The molecule has 2 aliphatic heterocycles. The first kappa shape index (κ1) is 18.7.